The lowest BCUT2D eigenvalue weighted by Crippen LogP contribution is -2.48. The van der Waals surface area contributed by atoms with Gasteiger partial charge in [-0.1, -0.05) is 33.1 Å². The van der Waals surface area contributed by atoms with E-state index in [0.717, 1.165) is 26.2 Å². The highest BCUT2D eigenvalue weighted by Crippen LogP contribution is 2.46. The minimum Gasteiger partial charge on any atom is -0.326 e. The van der Waals surface area contributed by atoms with E-state index in [2.05, 4.69) is 23.6 Å². The first-order valence-corrected chi connectivity index (χ1v) is 8.37. The Kier molecular flexibility index (Phi) is 4.96. The number of hydrogen-bond donors (Lipinski definition) is 0. The topological polar surface area (TPSA) is 23.6 Å². The summed E-state index contributed by atoms with van der Waals surface area (Å²) in [4.78, 5) is 16.9. The Hall–Kier alpha value is -0.220. The van der Waals surface area contributed by atoms with Gasteiger partial charge in [0.25, 0.3) is 0 Å². The molecule has 2 rings (SSSR count). The van der Waals surface area contributed by atoms with Crippen molar-refractivity contribution in [3.8, 4) is 0 Å². The number of carbonyl (C=O) groups excluding carboxylic acids is 1. The van der Waals surface area contributed by atoms with Gasteiger partial charge in [0.15, 0.2) is 0 Å². The van der Waals surface area contributed by atoms with Crippen LogP contribution >= 0.6 is 11.8 Å². The van der Waals surface area contributed by atoms with Crippen LogP contribution in [0.5, 0.6) is 0 Å². The quantitative estimate of drug-likeness (QED) is 0.767. The first-order chi connectivity index (χ1) is 8.72. The molecule has 0 N–H and O–H groups in total. The molecule has 1 heterocycles. The third-order valence-electron chi connectivity index (χ3n) is 4.43. The number of carbonyl (C=O) groups is 1. The molecule has 1 spiro atoms. The standard InChI is InChI=1S/C14H26N2OS/c1-3-15(4-2)10-11-16-13(17)12-18-14(16)8-6-5-7-9-14/h3-12H2,1-2H3. The summed E-state index contributed by atoms with van der Waals surface area (Å²) in [5.41, 5.74) is 0. The molecule has 4 heteroatoms. The molecule has 0 radical (unpaired) electrons. The van der Waals surface area contributed by atoms with Crippen molar-refractivity contribution in [3.05, 3.63) is 0 Å². The molecular formula is C14H26N2OS. The molecule has 104 valence electrons. The summed E-state index contributed by atoms with van der Waals surface area (Å²) in [6, 6.07) is 0. The van der Waals surface area contributed by atoms with Crippen LogP contribution in [0.15, 0.2) is 0 Å². The predicted octanol–water partition coefficient (Wildman–Crippen LogP) is 2.56. The molecule has 3 nitrogen and oxygen atoms in total. The molecule has 0 atom stereocenters. The molecule has 2 fully saturated rings. The van der Waals surface area contributed by atoms with Gasteiger partial charge in [-0.05, 0) is 25.9 Å². The molecule has 0 aromatic carbocycles. The number of likely N-dealkylation sites (N-methyl/N-ethyl adjacent to an activating group) is 1. The van der Waals surface area contributed by atoms with Crippen molar-refractivity contribution in [2.75, 3.05) is 31.9 Å². The molecule has 0 aromatic heterocycles. The average Bonchev–Trinajstić information content (AvgIpc) is 2.69. The van der Waals surface area contributed by atoms with E-state index in [4.69, 9.17) is 0 Å². The first kappa shape index (κ1) is 14.2. The Balaban J connectivity index is 1.97. The van der Waals surface area contributed by atoms with E-state index in [9.17, 15) is 4.79 Å². The zero-order chi connectivity index (χ0) is 13.0. The van der Waals surface area contributed by atoms with E-state index in [1.165, 1.54) is 32.1 Å². The zero-order valence-corrected chi connectivity index (χ0v) is 12.6. The van der Waals surface area contributed by atoms with Crippen molar-refractivity contribution in [1.29, 1.82) is 0 Å². The number of thioether (sulfide) groups is 1. The Bertz CT molecular complexity index is 286. The fourth-order valence-electron chi connectivity index (χ4n) is 3.21. The summed E-state index contributed by atoms with van der Waals surface area (Å²) in [5, 5.41) is 0. The molecule has 1 aliphatic heterocycles. The normalized spacial score (nSPS) is 23.3. The van der Waals surface area contributed by atoms with Crippen molar-refractivity contribution >= 4 is 17.7 Å². The largest absolute Gasteiger partial charge is 0.326 e. The molecule has 18 heavy (non-hydrogen) atoms. The maximum Gasteiger partial charge on any atom is 0.233 e. The van der Waals surface area contributed by atoms with Crippen LogP contribution < -0.4 is 0 Å². The molecule has 1 saturated heterocycles. The van der Waals surface area contributed by atoms with Crippen LogP contribution in [0.2, 0.25) is 0 Å². The van der Waals surface area contributed by atoms with E-state index < -0.39 is 0 Å². The molecule has 0 unspecified atom stereocenters. The highest BCUT2D eigenvalue weighted by atomic mass is 32.2. The highest BCUT2D eigenvalue weighted by molar-refractivity contribution is 8.01. The second-order valence-corrected chi connectivity index (χ2v) is 6.71. The molecule has 0 aromatic rings. The first-order valence-electron chi connectivity index (χ1n) is 7.38. The molecule has 0 bridgehead atoms. The second-order valence-electron chi connectivity index (χ2n) is 5.37. The third-order valence-corrected chi connectivity index (χ3v) is 5.98. The SMILES string of the molecule is CCN(CC)CCN1C(=O)CSC12CCCCC2. The van der Waals surface area contributed by atoms with Gasteiger partial charge < -0.3 is 9.80 Å². The number of amides is 1. The van der Waals surface area contributed by atoms with Crippen molar-refractivity contribution < 1.29 is 4.79 Å². The molecule has 1 aliphatic carbocycles. The maximum atomic E-state index is 12.1. The van der Waals surface area contributed by atoms with Gasteiger partial charge in [-0.15, -0.1) is 11.8 Å². The van der Waals surface area contributed by atoms with Crippen LogP contribution in [-0.2, 0) is 4.79 Å². The Labute approximate surface area is 115 Å². The summed E-state index contributed by atoms with van der Waals surface area (Å²) in [6.07, 6.45) is 6.35. The van der Waals surface area contributed by atoms with Crippen molar-refractivity contribution in [1.82, 2.24) is 9.80 Å². The van der Waals surface area contributed by atoms with Gasteiger partial charge in [0.1, 0.15) is 0 Å². The van der Waals surface area contributed by atoms with E-state index in [1.807, 2.05) is 11.8 Å². The minimum atomic E-state index is 0.169. The zero-order valence-electron chi connectivity index (χ0n) is 11.8. The van der Waals surface area contributed by atoms with E-state index in [-0.39, 0.29) is 4.87 Å². The van der Waals surface area contributed by atoms with Gasteiger partial charge in [0, 0.05) is 13.1 Å². The lowest BCUT2D eigenvalue weighted by Gasteiger charge is -2.41. The minimum absolute atomic E-state index is 0.169. The maximum absolute atomic E-state index is 12.1. The van der Waals surface area contributed by atoms with Crippen molar-refractivity contribution in [2.24, 2.45) is 0 Å². The summed E-state index contributed by atoms with van der Waals surface area (Å²) >= 11 is 1.91. The van der Waals surface area contributed by atoms with Gasteiger partial charge >= 0.3 is 0 Å². The van der Waals surface area contributed by atoms with Crippen LogP contribution in [-0.4, -0.2) is 52.5 Å². The van der Waals surface area contributed by atoms with E-state index in [0.29, 0.717) is 11.7 Å². The Morgan fingerprint density at radius 1 is 1.22 bits per heavy atom. The summed E-state index contributed by atoms with van der Waals surface area (Å²) in [7, 11) is 0. The second kappa shape index (κ2) is 6.29. The lowest BCUT2D eigenvalue weighted by atomic mass is 9.93. The van der Waals surface area contributed by atoms with Gasteiger partial charge in [0.2, 0.25) is 5.91 Å². The summed E-state index contributed by atoms with van der Waals surface area (Å²) in [5.74, 6) is 1.08. The molecule has 1 saturated carbocycles. The molecule has 1 amide bonds. The molecule has 2 aliphatic rings. The van der Waals surface area contributed by atoms with Crippen LogP contribution in [0, 0.1) is 0 Å². The van der Waals surface area contributed by atoms with Crippen LogP contribution in [0.25, 0.3) is 0 Å². The van der Waals surface area contributed by atoms with Crippen molar-refractivity contribution in [3.63, 3.8) is 0 Å². The Morgan fingerprint density at radius 3 is 2.50 bits per heavy atom. The average molecular weight is 270 g/mol. The predicted molar refractivity (Wildman–Crippen MR) is 77.8 cm³/mol. The van der Waals surface area contributed by atoms with Crippen LogP contribution in [0.3, 0.4) is 0 Å². The van der Waals surface area contributed by atoms with Gasteiger partial charge in [0.05, 0.1) is 10.6 Å². The number of hydrogen-bond acceptors (Lipinski definition) is 3. The van der Waals surface area contributed by atoms with Gasteiger partial charge in [-0.2, -0.15) is 0 Å². The van der Waals surface area contributed by atoms with Crippen molar-refractivity contribution in [2.45, 2.75) is 50.8 Å². The lowest BCUT2D eigenvalue weighted by molar-refractivity contribution is -0.131. The third kappa shape index (κ3) is 2.85. The van der Waals surface area contributed by atoms with Gasteiger partial charge in [-0.3, -0.25) is 4.79 Å². The highest BCUT2D eigenvalue weighted by Gasteiger charge is 2.46. The van der Waals surface area contributed by atoms with E-state index >= 15 is 0 Å². The fourth-order valence-corrected chi connectivity index (χ4v) is 4.68. The molecular weight excluding hydrogens is 244 g/mol. The number of nitrogens with zero attached hydrogens (tertiary/aromatic N) is 2. The number of rotatable bonds is 5. The van der Waals surface area contributed by atoms with E-state index in [1.54, 1.807) is 0 Å². The smallest absolute Gasteiger partial charge is 0.233 e. The van der Waals surface area contributed by atoms with Crippen LogP contribution in [0.4, 0.5) is 0 Å². The Morgan fingerprint density at radius 2 is 1.89 bits per heavy atom. The summed E-state index contributed by atoms with van der Waals surface area (Å²) in [6.45, 7) is 8.51. The fraction of sp³-hybridized carbons (Fsp3) is 0.929. The van der Waals surface area contributed by atoms with Crippen LogP contribution in [0.1, 0.15) is 46.0 Å². The van der Waals surface area contributed by atoms with Gasteiger partial charge in [-0.25, -0.2) is 0 Å². The monoisotopic (exact) mass is 270 g/mol. The summed E-state index contributed by atoms with van der Waals surface area (Å²) < 4.78 is 0.